The Balaban J connectivity index is 1.91. The molecular formula is C15H14N4O2. The highest BCUT2D eigenvalue weighted by Crippen LogP contribution is 2.24. The zero-order valence-corrected chi connectivity index (χ0v) is 11.5. The van der Waals surface area contributed by atoms with E-state index in [1.54, 1.807) is 11.6 Å². The molecule has 0 aliphatic rings. The summed E-state index contributed by atoms with van der Waals surface area (Å²) < 4.78 is 1.61. The molecule has 1 aromatic heterocycles. The smallest absolute Gasteiger partial charge is 0.360 e. The van der Waals surface area contributed by atoms with E-state index in [4.69, 9.17) is 0 Å². The van der Waals surface area contributed by atoms with Crippen LogP contribution >= 0.6 is 0 Å². The maximum atomic E-state index is 10.9. The molecule has 0 radical (unpaired) electrons. The van der Waals surface area contributed by atoms with E-state index < -0.39 is 4.92 Å². The van der Waals surface area contributed by atoms with Gasteiger partial charge in [-0.15, -0.1) is 0 Å². The van der Waals surface area contributed by atoms with Crippen LogP contribution in [0.2, 0.25) is 0 Å². The van der Waals surface area contributed by atoms with Gasteiger partial charge < -0.3 is 15.4 Å². The number of benzene rings is 2. The Hall–Kier alpha value is -2.89. The van der Waals surface area contributed by atoms with E-state index >= 15 is 0 Å². The number of rotatable bonds is 4. The third kappa shape index (κ3) is 2.43. The highest BCUT2D eigenvalue weighted by molar-refractivity contribution is 5.85. The molecule has 6 heteroatoms. The van der Waals surface area contributed by atoms with Gasteiger partial charge in [0.1, 0.15) is 0 Å². The van der Waals surface area contributed by atoms with Gasteiger partial charge in [0.25, 0.3) is 0 Å². The Kier molecular flexibility index (Phi) is 3.27. The molecule has 21 heavy (non-hydrogen) atoms. The number of aryl methyl sites for hydroxylation is 1. The molecule has 0 spiro atoms. The van der Waals surface area contributed by atoms with Crippen molar-refractivity contribution >= 4 is 22.4 Å². The van der Waals surface area contributed by atoms with Gasteiger partial charge in [-0.05, 0) is 26.2 Å². The van der Waals surface area contributed by atoms with Gasteiger partial charge in [0.05, 0.1) is 0 Å². The van der Waals surface area contributed by atoms with Crippen LogP contribution in [-0.4, -0.2) is 14.5 Å². The van der Waals surface area contributed by atoms with Crippen LogP contribution in [0.5, 0.6) is 0 Å². The Morgan fingerprint density at radius 1 is 1.24 bits per heavy atom. The maximum Gasteiger partial charge on any atom is 0.406 e. The predicted molar refractivity (Wildman–Crippen MR) is 81.1 cm³/mol. The zero-order valence-electron chi connectivity index (χ0n) is 11.5. The van der Waals surface area contributed by atoms with Gasteiger partial charge in [-0.2, -0.15) is 0 Å². The lowest BCUT2D eigenvalue weighted by Gasteiger charge is -2.09. The number of imidazole rings is 1. The molecule has 0 aliphatic heterocycles. The van der Waals surface area contributed by atoms with Crippen molar-refractivity contribution in [2.45, 2.75) is 6.54 Å². The number of anilines is 1. The van der Waals surface area contributed by atoms with Crippen LogP contribution in [0.15, 0.2) is 48.8 Å². The van der Waals surface area contributed by atoms with Crippen LogP contribution in [0.4, 0.5) is 11.6 Å². The van der Waals surface area contributed by atoms with Crippen molar-refractivity contribution in [2.24, 2.45) is 7.05 Å². The first-order chi connectivity index (χ1) is 10.2. The summed E-state index contributed by atoms with van der Waals surface area (Å²) in [6, 6.07) is 14.1. The molecule has 1 N–H and O–H groups in total. The van der Waals surface area contributed by atoms with E-state index in [9.17, 15) is 10.1 Å². The van der Waals surface area contributed by atoms with Crippen LogP contribution in [0, 0.1) is 10.1 Å². The summed E-state index contributed by atoms with van der Waals surface area (Å²) in [5, 5.41) is 16.3. The summed E-state index contributed by atoms with van der Waals surface area (Å²) in [6.07, 6.45) is 1.43. The van der Waals surface area contributed by atoms with E-state index in [1.807, 2.05) is 42.5 Å². The van der Waals surface area contributed by atoms with Gasteiger partial charge in [0.2, 0.25) is 12.1 Å². The van der Waals surface area contributed by atoms with Crippen LogP contribution in [0.3, 0.4) is 0 Å². The second kappa shape index (κ2) is 5.24. The lowest BCUT2D eigenvalue weighted by molar-refractivity contribution is -0.388. The third-order valence-corrected chi connectivity index (χ3v) is 3.42. The van der Waals surface area contributed by atoms with Crippen LogP contribution in [-0.2, 0) is 13.6 Å². The van der Waals surface area contributed by atoms with E-state index in [-0.39, 0.29) is 5.82 Å². The average molecular weight is 282 g/mol. The number of hydrogen-bond donors (Lipinski definition) is 1. The number of nitrogens with zero attached hydrogens (tertiary/aromatic N) is 3. The minimum Gasteiger partial charge on any atom is -0.360 e. The number of nitro groups is 1. The monoisotopic (exact) mass is 282 g/mol. The molecule has 0 saturated heterocycles. The first-order valence-corrected chi connectivity index (χ1v) is 6.53. The van der Waals surface area contributed by atoms with Crippen molar-refractivity contribution in [1.82, 2.24) is 9.55 Å². The fraction of sp³-hybridized carbons (Fsp3) is 0.133. The molecule has 6 nitrogen and oxygen atoms in total. The molecule has 0 amide bonds. The van der Waals surface area contributed by atoms with Gasteiger partial charge >= 0.3 is 5.82 Å². The lowest BCUT2D eigenvalue weighted by atomic mass is 10.0. The van der Waals surface area contributed by atoms with Gasteiger partial charge in [-0.3, -0.25) is 4.57 Å². The van der Waals surface area contributed by atoms with E-state index in [2.05, 4.69) is 10.3 Å². The largest absolute Gasteiger partial charge is 0.406 e. The molecule has 3 aromatic rings. The number of aromatic nitrogens is 2. The summed E-state index contributed by atoms with van der Waals surface area (Å²) in [5.74, 6) is 0.255. The standard InChI is InChI=1S/C15H14N4O2/c1-18-10-17-15(19(20)21)14(18)16-9-12-7-4-6-11-5-2-3-8-13(11)12/h2-8,10,16H,9H2,1H3. The van der Waals surface area contributed by atoms with Gasteiger partial charge in [0.15, 0.2) is 0 Å². The molecule has 0 unspecified atom stereocenters. The van der Waals surface area contributed by atoms with Crippen molar-refractivity contribution in [2.75, 3.05) is 5.32 Å². The molecule has 2 aromatic carbocycles. The molecule has 3 rings (SSSR count). The summed E-state index contributed by atoms with van der Waals surface area (Å²) in [7, 11) is 1.73. The molecule has 1 heterocycles. The number of fused-ring (bicyclic) bond motifs is 1. The summed E-state index contributed by atoms with van der Waals surface area (Å²) in [5.41, 5.74) is 1.09. The fourth-order valence-electron chi connectivity index (χ4n) is 2.38. The first kappa shape index (κ1) is 13.1. The van der Waals surface area contributed by atoms with Gasteiger partial charge in [-0.25, -0.2) is 0 Å². The molecular weight excluding hydrogens is 268 g/mol. The minimum atomic E-state index is -0.481. The Labute approximate surface area is 121 Å². The van der Waals surface area contributed by atoms with Crippen molar-refractivity contribution < 1.29 is 4.92 Å². The highest BCUT2D eigenvalue weighted by Gasteiger charge is 2.19. The van der Waals surface area contributed by atoms with Crippen LogP contribution in [0.25, 0.3) is 10.8 Å². The van der Waals surface area contributed by atoms with E-state index in [0.717, 1.165) is 16.3 Å². The van der Waals surface area contributed by atoms with E-state index in [0.29, 0.717) is 12.4 Å². The van der Waals surface area contributed by atoms with Crippen molar-refractivity contribution in [1.29, 1.82) is 0 Å². The second-order valence-corrected chi connectivity index (χ2v) is 4.78. The lowest BCUT2D eigenvalue weighted by Crippen LogP contribution is -2.06. The minimum absolute atomic E-state index is 0.155. The van der Waals surface area contributed by atoms with Crippen LogP contribution < -0.4 is 5.32 Å². The molecule has 106 valence electrons. The zero-order chi connectivity index (χ0) is 14.8. The SMILES string of the molecule is Cn1cnc([N+](=O)[O-])c1NCc1cccc2ccccc12. The Bertz CT molecular complexity index is 805. The quantitative estimate of drug-likeness (QED) is 0.589. The molecule has 0 aliphatic carbocycles. The van der Waals surface area contributed by atoms with Crippen LogP contribution in [0.1, 0.15) is 5.56 Å². The van der Waals surface area contributed by atoms with Gasteiger partial charge in [0, 0.05) is 13.6 Å². The van der Waals surface area contributed by atoms with Crippen molar-refractivity contribution in [3.05, 3.63) is 64.5 Å². The fourth-order valence-corrected chi connectivity index (χ4v) is 2.38. The number of hydrogen-bond acceptors (Lipinski definition) is 4. The first-order valence-electron chi connectivity index (χ1n) is 6.53. The second-order valence-electron chi connectivity index (χ2n) is 4.78. The molecule has 0 bridgehead atoms. The Morgan fingerprint density at radius 2 is 2.00 bits per heavy atom. The molecule has 0 fully saturated rings. The topological polar surface area (TPSA) is 73.0 Å². The van der Waals surface area contributed by atoms with E-state index in [1.165, 1.54) is 6.33 Å². The predicted octanol–water partition coefficient (Wildman–Crippen LogP) is 3.09. The van der Waals surface area contributed by atoms with Crippen molar-refractivity contribution in [3.8, 4) is 0 Å². The summed E-state index contributed by atoms with van der Waals surface area (Å²) >= 11 is 0. The van der Waals surface area contributed by atoms with Gasteiger partial charge in [-0.1, -0.05) is 42.5 Å². The summed E-state index contributed by atoms with van der Waals surface area (Å²) in [4.78, 5) is 14.3. The number of nitrogens with one attached hydrogen (secondary N) is 1. The maximum absolute atomic E-state index is 10.9. The molecule has 0 saturated carbocycles. The normalized spacial score (nSPS) is 10.7. The Morgan fingerprint density at radius 3 is 2.81 bits per heavy atom. The highest BCUT2D eigenvalue weighted by atomic mass is 16.6. The van der Waals surface area contributed by atoms with Crippen molar-refractivity contribution in [3.63, 3.8) is 0 Å². The summed E-state index contributed by atoms with van der Waals surface area (Å²) in [6.45, 7) is 0.502. The average Bonchev–Trinajstić information content (AvgIpc) is 2.86. The third-order valence-electron chi connectivity index (χ3n) is 3.42. The molecule has 0 atom stereocenters.